The highest BCUT2D eigenvalue weighted by molar-refractivity contribution is 7.89. The highest BCUT2D eigenvalue weighted by atomic mass is 32.2. The molecule has 0 spiro atoms. The molecule has 1 aromatic rings. The quantitative estimate of drug-likeness (QED) is 0.835. The van der Waals surface area contributed by atoms with Crippen LogP contribution in [0.2, 0.25) is 0 Å². The molecule has 0 bridgehead atoms. The number of aryl methyl sites for hydroxylation is 1. The summed E-state index contributed by atoms with van der Waals surface area (Å²) in [6.45, 7) is 6.13. The van der Waals surface area contributed by atoms with E-state index in [1.807, 2.05) is 0 Å². The van der Waals surface area contributed by atoms with Crippen LogP contribution in [0.25, 0.3) is 0 Å². The molecule has 24 heavy (non-hydrogen) atoms. The highest BCUT2D eigenvalue weighted by Crippen LogP contribution is 2.28. The molecular formula is C17H22N2O4S. The molecule has 1 fully saturated rings. The number of sulfonamides is 1. The molecule has 1 atom stereocenters. The van der Waals surface area contributed by atoms with Crippen molar-refractivity contribution < 1.29 is 18.3 Å². The van der Waals surface area contributed by atoms with E-state index in [1.54, 1.807) is 13.8 Å². The summed E-state index contributed by atoms with van der Waals surface area (Å²) in [5.41, 5.74) is 1.30. The van der Waals surface area contributed by atoms with Gasteiger partial charge in [0.25, 0.3) is 0 Å². The molecule has 0 aromatic heterocycles. The molecule has 3 rings (SSSR count). The van der Waals surface area contributed by atoms with Crippen molar-refractivity contribution >= 4 is 16.0 Å². The van der Waals surface area contributed by atoms with E-state index in [0.717, 1.165) is 19.5 Å². The van der Waals surface area contributed by atoms with E-state index in [9.17, 15) is 18.3 Å². The molecule has 0 aliphatic carbocycles. The average Bonchev–Trinajstić information content (AvgIpc) is 3.20. The van der Waals surface area contributed by atoms with Crippen LogP contribution in [0, 0.1) is 13.8 Å². The van der Waals surface area contributed by atoms with Crippen LogP contribution < -0.4 is 0 Å². The van der Waals surface area contributed by atoms with E-state index in [1.165, 1.54) is 16.4 Å². The average molecular weight is 350 g/mol. The molecule has 1 saturated heterocycles. The predicted octanol–water partition coefficient (Wildman–Crippen LogP) is 1.64. The Balaban J connectivity index is 1.90. The zero-order valence-corrected chi connectivity index (χ0v) is 14.7. The van der Waals surface area contributed by atoms with Gasteiger partial charge in [-0.25, -0.2) is 13.2 Å². The number of aromatic carboxylic acids is 1. The van der Waals surface area contributed by atoms with Gasteiger partial charge in [0.05, 0.1) is 10.5 Å². The van der Waals surface area contributed by atoms with E-state index >= 15 is 0 Å². The lowest BCUT2D eigenvalue weighted by atomic mass is 10.1. The van der Waals surface area contributed by atoms with E-state index in [2.05, 4.69) is 17.1 Å². The van der Waals surface area contributed by atoms with Crippen molar-refractivity contribution in [3.63, 3.8) is 0 Å². The van der Waals surface area contributed by atoms with Crippen molar-refractivity contribution in [2.45, 2.75) is 31.2 Å². The molecule has 6 nitrogen and oxygen atoms in total. The Bertz CT molecular complexity index is 793. The standard InChI is InChI=1S/C17H22N2O4S/c1-12-9-14(17(20)21)10-16(13(12)2)24(22,23)19-8-5-15(11-19)18-6-3-4-7-18/h3-4,9-10,15H,5-8,11H2,1-2H3,(H,20,21). The summed E-state index contributed by atoms with van der Waals surface area (Å²) in [5.74, 6) is -1.11. The first-order valence-electron chi connectivity index (χ1n) is 8.04. The van der Waals surface area contributed by atoms with Gasteiger partial charge in [-0.2, -0.15) is 4.31 Å². The Hall–Kier alpha value is -1.70. The fourth-order valence-corrected chi connectivity index (χ4v) is 5.19. The largest absolute Gasteiger partial charge is 0.478 e. The summed E-state index contributed by atoms with van der Waals surface area (Å²) in [7, 11) is -3.69. The molecule has 1 aromatic carbocycles. The lowest BCUT2D eigenvalue weighted by Crippen LogP contribution is -2.37. The van der Waals surface area contributed by atoms with Crippen LogP contribution in [0.5, 0.6) is 0 Å². The number of nitrogens with zero attached hydrogens (tertiary/aromatic N) is 2. The summed E-state index contributed by atoms with van der Waals surface area (Å²) >= 11 is 0. The second kappa shape index (κ2) is 6.31. The van der Waals surface area contributed by atoms with Gasteiger partial charge in [-0.05, 0) is 43.5 Å². The van der Waals surface area contributed by atoms with Crippen molar-refractivity contribution in [3.05, 3.63) is 41.0 Å². The molecule has 1 N–H and O–H groups in total. The molecule has 2 heterocycles. The topological polar surface area (TPSA) is 77.9 Å². The summed E-state index contributed by atoms with van der Waals surface area (Å²) in [4.78, 5) is 13.6. The minimum absolute atomic E-state index is 0.0103. The maximum absolute atomic E-state index is 13.0. The number of hydrogen-bond donors (Lipinski definition) is 1. The molecule has 0 radical (unpaired) electrons. The van der Waals surface area contributed by atoms with Crippen molar-refractivity contribution in [1.82, 2.24) is 9.21 Å². The SMILES string of the molecule is Cc1cc(C(=O)O)cc(S(=O)(=O)N2CCC(N3CC=CC3)C2)c1C. The monoisotopic (exact) mass is 350 g/mol. The first kappa shape index (κ1) is 17.1. The van der Waals surface area contributed by atoms with E-state index in [4.69, 9.17) is 0 Å². The summed E-state index contributed by atoms with van der Waals surface area (Å²) in [5, 5.41) is 9.22. The molecule has 0 amide bonds. The van der Waals surface area contributed by atoms with Gasteiger partial charge >= 0.3 is 5.97 Å². The first-order valence-corrected chi connectivity index (χ1v) is 9.48. The number of carboxylic acids is 1. The molecule has 2 aliphatic heterocycles. The smallest absolute Gasteiger partial charge is 0.335 e. The van der Waals surface area contributed by atoms with Gasteiger partial charge in [0.2, 0.25) is 10.0 Å². The Morgan fingerprint density at radius 2 is 1.88 bits per heavy atom. The molecule has 1 unspecified atom stereocenters. The van der Waals surface area contributed by atoms with Gasteiger partial charge in [-0.15, -0.1) is 0 Å². The second-order valence-corrected chi connectivity index (χ2v) is 8.36. The van der Waals surface area contributed by atoms with Crippen molar-refractivity contribution in [3.8, 4) is 0 Å². The van der Waals surface area contributed by atoms with Gasteiger partial charge in [-0.1, -0.05) is 12.2 Å². The van der Waals surface area contributed by atoms with Gasteiger partial charge in [-0.3, -0.25) is 4.90 Å². The van der Waals surface area contributed by atoms with E-state index in [0.29, 0.717) is 24.2 Å². The normalized spacial score (nSPS) is 22.3. The number of carbonyl (C=O) groups is 1. The predicted molar refractivity (Wildman–Crippen MR) is 90.8 cm³/mol. The number of rotatable bonds is 4. The second-order valence-electron chi connectivity index (χ2n) is 6.45. The third-order valence-electron chi connectivity index (χ3n) is 4.97. The van der Waals surface area contributed by atoms with Crippen LogP contribution in [0.4, 0.5) is 0 Å². The molecular weight excluding hydrogens is 328 g/mol. The molecule has 2 aliphatic rings. The van der Waals surface area contributed by atoms with Crippen molar-refractivity contribution in [2.75, 3.05) is 26.2 Å². The number of carboxylic acid groups (broad SMARTS) is 1. The molecule has 7 heteroatoms. The third kappa shape index (κ3) is 2.99. The molecule has 0 saturated carbocycles. The van der Waals surface area contributed by atoms with E-state index in [-0.39, 0.29) is 16.5 Å². The maximum Gasteiger partial charge on any atom is 0.335 e. The number of benzene rings is 1. The van der Waals surface area contributed by atoms with Crippen LogP contribution in [-0.2, 0) is 10.0 Å². The highest BCUT2D eigenvalue weighted by Gasteiger charge is 2.36. The lowest BCUT2D eigenvalue weighted by Gasteiger charge is -2.24. The minimum atomic E-state index is -3.69. The van der Waals surface area contributed by atoms with Gasteiger partial charge in [0, 0.05) is 32.2 Å². The van der Waals surface area contributed by atoms with Crippen LogP contribution >= 0.6 is 0 Å². The minimum Gasteiger partial charge on any atom is -0.478 e. The molecule has 130 valence electrons. The summed E-state index contributed by atoms with van der Waals surface area (Å²) < 4.78 is 27.6. The van der Waals surface area contributed by atoms with Crippen LogP contribution in [0.1, 0.15) is 27.9 Å². The first-order chi connectivity index (χ1) is 11.3. The zero-order valence-electron chi connectivity index (χ0n) is 13.9. The van der Waals surface area contributed by atoms with Crippen molar-refractivity contribution in [2.24, 2.45) is 0 Å². The fourth-order valence-electron chi connectivity index (χ4n) is 3.38. The van der Waals surface area contributed by atoms with Crippen molar-refractivity contribution in [1.29, 1.82) is 0 Å². The lowest BCUT2D eigenvalue weighted by molar-refractivity contribution is 0.0696. The fraction of sp³-hybridized carbons (Fsp3) is 0.471. The van der Waals surface area contributed by atoms with Crippen LogP contribution in [0.15, 0.2) is 29.2 Å². The Morgan fingerprint density at radius 1 is 1.21 bits per heavy atom. The number of hydrogen-bond acceptors (Lipinski definition) is 4. The van der Waals surface area contributed by atoms with Gasteiger partial charge < -0.3 is 5.11 Å². The zero-order chi connectivity index (χ0) is 17.5. The van der Waals surface area contributed by atoms with Crippen LogP contribution in [0.3, 0.4) is 0 Å². The van der Waals surface area contributed by atoms with Crippen LogP contribution in [-0.4, -0.2) is 60.9 Å². The van der Waals surface area contributed by atoms with Gasteiger partial charge in [0.1, 0.15) is 0 Å². The Labute approximate surface area is 142 Å². The third-order valence-corrected chi connectivity index (χ3v) is 6.96. The Kier molecular flexibility index (Phi) is 4.50. The Morgan fingerprint density at radius 3 is 2.50 bits per heavy atom. The van der Waals surface area contributed by atoms with E-state index < -0.39 is 16.0 Å². The summed E-state index contributed by atoms with van der Waals surface area (Å²) in [6, 6.07) is 3.02. The maximum atomic E-state index is 13.0. The van der Waals surface area contributed by atoms with Gasteiger partial charge in [0.15, 0.2) is 0 Å². The summed E-state index contributed by atoms with van der Waals surface area (Å²) in [6.07, 6.45) is 5.00.